The summed E-state index contributed by atoms with van der Waals surface area (Å²) < 4.78 is 5.51. The van der Waals surface area contributed by atoms with Gasteiger partial charge in [0.1, 0.15) is 0 Å². The van der Waals surface area contributed by atoms with Crippen LogP contribution in [-0.2, 0) is 14.3 Å². The number of ether oxygens (including phenoxy) is 1. The molecule has 6 heteroatoms. The lowest BCUT2D eigenvalue weighted by Crippen LogP contribution is -2.45. The van der Waals surface area contributed by atoms with Crippen LogP contribution in [0.3, 0.4) is 0 Å². The van der Waals surface area contributed by atoms with E-state index < -0.39 is 12.1 Å². The Morgan fingerprint density at radius 1 is 0.315 bits per heavy atom. The van der Waals surface area contributed by atoms with Gasteiger partial charge in [-0.2, -0.15) is 0 Å². The number of aliphatic hydroxyl groups excluding tert-OH is 2. The van der Waals surface area contributed by atoms with Gasteiger partial charge in [0.05, 0.1) is 25.4 Å². The second-order valence-corrected chi connectivity index (χ2v) is 27.7. The van der Waals surface area contributed by atoms with Crippen molar-refractivity contribution in [3.8, 4) is 0 Å². The standard InChI is InChI=1S/C83H157NO5/c1-3-5-7-9-11-13-15-17-19-44-49-53-57-61-65-69-73-77-83(88)89-78-74-70-66-62-58-54-50-46-43-41-39-37-35-33-31-29-27-25-23-21-22-24-26-28-30-32-34-36-38-40-42-45-48-52-56-60-64-68-72-76-82(87)84-80(79-85)81(86)75-71-67-63-59-55-51-47-20-18-16-14-12-10-8-6-4-2/h11,13,17,19,21-22,25,27,80-81,85-86H,3-10,12,14-16,18,20,23-24,26,28-79H2,1-2H3,(H,84,87)/b13-11-,19-17-,22-21-,27-25-. The fourth-order valence-corrected chi connectivity index (χ4v) is 12.7. The molecule has 0 fully saturated rings. The number of amides is 1. The van der Waals surface area contributed by atoms with Crippen molar-refractivity contribution in [3.05, 3.63) is 48.6 Å². The molecule has 0 aliphatic carbocycles. The van der Waals surface area contributed by atoms with Gasteiger partial charge in [-0.1, -0.05) is 390 Å². The van der Waals surface area contributed by atoms with Crippen molar-refractivity contribution in [2.24, 2.45) is 0 Å². The Labute approximate surface area is 556 Å². The minimum atomic E-state index is -0.663. The largest absolute Gasteiger partial charge is 0.466 e. The van der Waals surface area contributed by atoms with Gasteiger partial charge in [-0.15, -0.1) is 0 Å². The van der Waals surface area contributed by atoms with Crippen molar-refractivity contribution in [1.29, 1.82) is 0 Å². The fourth-order valence-electron chi connectivity index (χ4n) is 12.7. The molecule has 524 valence electrons. The van der Waals surface area contributed by atoms with Crippen LogP contribution in [0, 0.1) is 0 Å². The van der Waals surface area contributed by atoms with Crippen LogP contribution in [-0.4, -0.2) is 47.4 Å². The fraction of sp³-hybridized carbons (Fsp3) is 0.880. The van der Waals surface area contributed by atoms with Crippen LogP contribution in [0.4, 0.5) is 0 Å². The van der Waals surface area contributed by atoms with Crippen LogP contribution in [0.5, 0.6) is 0 Å². The van der Waals surface area contributed by atoms with Gasteiger partial charge in [0.25, 0.3) is 0 Å². The average Bonchev–Trinajstić information content (AvgIpc) is 3.62. The molecule has 0 radical (unpaired) electrons. The highest BCUT2D eigenvalue weighted by molar-refractivity contribution is 5.76. The Balaban J connectivity index is 3.35. The van der Waals surface area contributed by atoms with E-state index in [9.17, 15) is 19.8 Å². The van der Waals surface area contributed by atoms with E-state index in [2.05, 4.69) is 67.8 Å². The molecule has 0 spiro atoms. The van der Waals surface area contributed by atoms with E-state index >= 15 is 0 Å². The van der Waals surface area contributed by atoms with E-state index in [4.69, 9.17) is 4.74 Å². The van der Waals surface area contributed by atoms with Crippen molar-refractivity contribution in [3.63, 3.8) is 0 Å². The van der Waals surface area contributed by atoms with E-state index in [0.717, 1.165) is 57.8 Å². The Kier molecular flexibility index (Phi) is 76.3. The third-order valence-electron chi connectivity index (χ3n) is 18.9. The SMILES string of the molecule is CCCCC/C=C\C/C=C\CCCCCCCCCC(=O)OCCCCCCCCCCCCCCCCC/C=C\C/C=C\CCCCCCCCCCCCCCCCCCCC(=O)NC(CO)C(O)CCCCCCCCCCCCCCCCCC. The highest BCUT2D eigenvalue weighted by Gasteiger charge is 2.20. The summed E-state index contributed by atoms with van der Waals surface area (Å²) in [6, 6.07) is -0.540. The van der Waals surface area contributed by atoms with Crippen molar-refractivity contribution in [2.75, 3.05) is 13.2 Å². The van der Waals surface area contributed by atoms with Gasteiger partial charge < -0.3 is 20.3 Å². The van der Waals surface area contributed by atoms with E-state index in [-0.39, 0.29) is 18.5 Å². The van der Waals surface area contributed by atoms with Crippen LogP contribution < -0.4 is 5.32 Å². The monoisotopic (exact) mass is 1250 g/mol. The first-order chi connectivity index (χ1) is 44.0. The first-order valence-electron chi connectivity index (χ1n) is 40.4. The summed E-state index contributed by atoms with van der Waals surface area (Å²) in [5.74, 6) is -0.0155. The molecule has 0 saturated heterocycles. The zero-order valence-electron chi connectivity index (χ0n) is 60.2. The lowest BCUT2D eigenvalue weighted by atomic mass is 10.0. The molecule has 0 bridgehead atoms. The van der Waals surface area contributed by atoms with Crippen LogP contribution in [0.1, 0.15) is 444 Å². The summed E-state index contributed by atoms with van der Waals surface area (Å²) in [6.07, 6.45) is 104. The molecule has 0 aromatic carbocycles. The second-order valence-electron chi connectivity index (χ2n) is 27.7. The summed E-state index contributed by atoms with van der Waals surface area (Å²) in [4.78, 5) is 24.6. The van der Waals surface area contributed by atoms with Gasteiger partial charge >= 0.3 is 5.97 Å². The third-order valence-corrected chi connectivity index (χ3v) is 18.9. The molecule has 0 rings (SSSR count). The molecule has 3 N–H and O–H groups in total. The number of allylic oxidation sites excluding steroid dienone is 8. The van der Waals surface area contributed by atoms with Crippen molar-refractivity contribution in [1.82, 2.24) is 5.32 Å². The molecule has 6 nitrogen and oxygen atoms in total. The van der Waals surface area contributed by atoms with E-state index in [1.54, 1.807) is 0 Å². The maximum absolute atomic E-state index is 12.5. The minimum absolute atomic E-state index is 0.0129. The molecule has 2 atom stereocenters. The van der Waals surface area contributed by atoms with Gasteiger partial charge in [-0.25, -0.2) is 0 Å². The Morgan fingerprint density at radius 3 is 0.876 bits per heavy atom. The zero-order valence-corrected chi connectivity index (χ0v) is 60.2. The first kappa shape index (κ1) is 86.8. The quantitative estimate of drug-likeness (QED) is 0.0320. The zero-order chi connectivity index (χ0) is 64.2. The van der Waals surface area contributed by atoms with Crippen molar-refractivity contribution >= 4 is 11.9 Å². The lowest BCUT2D eigenvalue weighted by molar-refractivity contribution is -0.143. The molecule has 0 aromatic rings. The average molecular weight is 1250 g/mol. The second kappa shape index (κ2) is 78.3. The number of unbranched alkanes of at least 4 members (excludes halogenated alkanes) is 57. The third kappa shape index (κ3) is 74.7. The van der Waals surface area contributed by atoms with E-state index in [1.807, 2.05) is 0 Å². The summed E-state index contributed by atoms with van der Waals surface area (Å²) >= 11 is 0. The number of hydrogen-bond donors (Lipinski definition) is 3. The van der Waals surface area contributed by atoms with Crippen LogP contribution in [0.2, 0.25) is 0 Å². The van der Waals surface area contributed by atoms with Gasteiger partial charge in [-0.3, -0.25) is 9.59 Å². The predicted molar refractivity (Wildman–Crippen MR) is 393 cm³/mol. The van der Waals surface area contributed by atoms with Gasteiger partial charge in [0, 0.05) is 12.8 Å². The molecule has 2 unspecified atom stereocenters. The van der Waals surface area contributed by atoms with Crippen LogP contribution in [0.15, 0.2) is 48.6 Å². The lowest BCUT2D eigenvalue weighted by Gasteiger charge is -2.22. The number of hydrogen-bond acceptors (Lipinski definition) is 5. The molecule has 0 saturated carbocycles. The Morgan fingerprint density at radius 2 is 0.562 bits per heavy atom. The summed E-state index contributed by atoms with van der Waals surface area (Å²) in [6.45, 7) is 4.96. The number of esters is 1. The number of carbonyl (C=O) groups is 2. The van der Waals surface area contributed by atoms with E-state index in [1.165, 1.54) is 353 Å². The topological polar surface area (TPSA) is 95.9 Å². The van der Waals surface area contributed by atoms with Crippen LogP contribution in [0.25, 0.3) is 0 Å². The highest BCUT2D eigenvalue weighted by Crippen LogP contribution is 2.20. The Bertz CT molecular complexity index is 1490. The predicted octanol–water partition coefficient (Wildman–Crippen LogP) is 26.8. The Hall–Kier alpha value is -2.18. The van der Waals surface area contributed by atoms with Crippen molar-refractivity contribution in [2.45, 2.75) is 456 Å². The van der Waals surface area contributed by atoms with Gasteiger partial charge in [0.2, 0.25) is 5.91 Å². The molecule has 89 heavy (non-hydrogen) atoms. The molecule has 1 amide bonds. The molecule has 0 aromatic heterocycles. The first-order valence-corrected chi connectivity index (χ1v) is 40.4. The molecule has 0 heterocycles. The molecule has 0 aliphatic heterocycles. The van der Waals surface area contributed by atoms with Gasteiger partial charge in [0.15, 0.2) is 0 Å². The van der Waals surface area contributed by atoms with Crippen molar-refractivity contribution < 1.29 is 24.5 Å². The normalized spacial score (nSPS) is 12.7. The van der Waals surface area contributed by atoms with Gasteiger partial charge in [-0.05, 0) is 89.9 Å². The van der Waals surface area contributed by atoms with E-state index in [0.29, 0.717) is 25.9 Å². The molecular weight excluding hydrogens is 1090 g/mol. The minimum Gasteiger partial charge on any atom is -0.466 e. The highest BCUT2D eigenvalue weighted by atomic mass is 16.5. The number of carbonyl (C=O) groups excluding carboxylic acids is 2. The number of aliphatic hydroxyl groups is 2. The molecular formula is C83H157NO5. The number of nitrogens with one attached hydrogen (secondary N) is 1. The maximum atomic E-state index is 12.5. The maximum Gasteiger partial charge on any atom is 0.305 e. The summed E-state index contributed by atoms with van der Waals surface area (Å²) in [5.41, 5.74) is 0. The molecule has 0 aliphatic rings. The number of rotatable bonds is 76. The summed E-state index contributed by atoms with van der Waals surface area (Å²) in [7, 11) is 0. The van der Waals surface area contributed by atoms with Crippen LogP contribution >= 0.6 is 0 Å². The smallest absolute Gasteiger partial charge is 0.305 e. The summed E-state index contributed by atoms with van der Waals surface area (Å²) in [5, 5.41) is 23.4.